The fourth-order valence-electron chi connectivity index (χ4n) is 1.41. The zero-order valence-electron chi connectivity index (χ0n) is 8.28. The summed E-state index contributed by atoms with van der Waals surface area (Å²) >= 11 is 5.62. The lowest BCUT2D eigenvalue weighted by Crippen LogP contribution is -2.19. The summed E-state index contributed by atoms with van der Waals surface area (Å²) in [7, 11) is 0. The van der Waals surface area contributed by atoms with Gasteiger partial charge in [0.05, 0.1) is 0 Å². The van der Waals surface area contributed by atoms with Crippen molar-refractivity contribution >= 4 is 11.6 Å². The minimum Gasteiger partial charge on any atom is -0.207 e. The predicted molar refractivity (Wildman–Crippen MR) is 54.7 cm³/mol. The molecule has 0 spiro atoms. The highest BCUT2D eigenvalue weighted by Crippen LogP contribution is 2.29. The van der Waals surface area contributed by atoms with Crippen molar-refractivity contribution in [3.63, 3.8) is 0 Å². The third kappa shape index (κ3) is 2.44. The van der Waals surface area contributed by atoms with Crippen LogP contribution in [0.5, 0.6) is 0 Å². The molecule has 0 heterocycles. The van der Waals surface area contributed by atoms with Crippen LogP contribution in [0, 0.1) is 11.6 Å². The van der Waals surface area contributed by atoms with E-state index in [-0.39, 0.29) is 5.41 Å². The van der Waals surface area contributed by atoms with Crippen LogP contribution in [0.3, 0.4) is 0 Å². The summed E-state index contributed by atoms with van der Waals surface area (Å²) in [6, 6.07) is 3.66. The van der Waals surface area contributed by atoms with Gasteiger partial charge in [0.1, 0.15) is 11.6 Å². The van der Waals surface area contributed by atoms with Gasteiger partial charge in [0, 0.05) is 11.9 Å². The molecular weight excluding hydrogens is 206 g/mol. The Morgan fingerprint density at radius 1 is 1.29 bits per heavy atom. The van der Waals surface area contributed by atoms with Crippen molar-refractivity contribution in [2.45, 2.75) is 25.7 Å². The van der Waals surface area contributed by atoms with Crippen molar-refractivity contribution < 1.29 is 8.78 Å². The summed E-state index contributed by atoms with van der Waals surface area (Å²) in [5.74, 6) is -0.586. The Morgan fingerprint density at radius 3 is 2.43 bits per heavy atom. The zero-order valence-corrected chi connectivity index (χ0v) is 9.04. The second kappa shape index (κ2) is 4.26. The molecule has 0 amide bonds. The van der Waals surface area contributed by atoms with Crippen molar-refractivity contribution in [1.29, 1.82) is 0 Å². The topological polar surface area (TPSA) is 0 Å². The number of rotatable bonds is 3. The summed E-state index contributed by atoms with van der Waals surface area (Å²) in [6.45, 7) is 3.79. The first-order valence-corrected chi connectivity index (χ1v) is 5.02. The lowest BCUT2D eigenvalue weighted by Gasteiger charge is -2.24. The third-order valence-corrected chi connectivity index (χ3v) is 2.57. The molecule has 0 aliphatic heterocycles. The summed E-state index contributed by atoms with van der Waals surface area (Å²) < 4.78 is 26.0. The normalized spacial score (nSPS) is 11.8. The molecule has 0 fully saturated rings. The SMILES string of the molecule is CC(C)(CCCl)c1ccc(F)cc1F. The quantitative estimate of drug-likeness (QED) is 0.676. The first-order valence-electron chi connectivity index (χ1n) is 4.49. The van der Waals surface area contributed by atoms with E-state index in [1.807, 2.05) is 13.8 Å². The Bertz CT molecular complexity index is 321. The Kier molecular flexibility index (Phi) is 3.48. The van der Waals surface area contributed by atoms with Gasteiger partial charge in [-0.05, 0) is 23.5 Å². The average molecular weight is 219 g/mol. The maximum absolute atomic E-state index is 13.4. The summed E-state index contributed by atoms with van der Waals surface area (Å²) in [6.07, 6.45) is 0.664. The molecule has 0 nitrogen and oxygen atoms in total. The van der Waals surface area contributed by atoms with E-state index in [1.165, 1.54) is 12.1 Å². The van der Waals surface area contributed by atoms with Crippen molar-refractivity contribution in [3.05, 3.63) is 35.4 Å². The van der Waals surface area contributed by atoms with Crippen LogP contribution >= 0.6 is 11.6 Å². The molecule has 0 saturated heterocycles. The largest absolute Gasteiger partial charge is 0.207 e. The van der Waals surface area contributed by atoms with Gasteiger partial charge in [0.25, 0.3) is 0 Å². The van der Waals surface area contributed by atoms with Crippen LogP contribution in [0.4, 0.5) is 8.78 Å². The molecule has 1 rings (SSSR count). The fraction of sp³-hybridized carbons (Fsp3) is 0.455. The van der Waals surface area contributed by atoms with E-state index < -0.39 is 11.6 Å². The van der Waals surface area contributed by atoms with Crippen LogP contribution in [0.1, 0.15) is 25.8 Å². The highest BCUT2D eigenvalue weighted by atomic mass is 35.5. The maximum atomic E-state index is 13.4. The van der Waals surface area contributed by atoms with Gasteiger partial charge in [-0.3, -0.25) is 0 Å². The Balaban J connectivity index is 3.06. The molecule has 0 aliphatic carbocycles. The molecule has 3 heteroatoms. The molecule has 0 aromatic heterocycles. The zero-order chi connectivity index (χ0) is 10.8. The van der Waals surface area contributed by atoms with Crippen molar-refractivity contribution in [2.24, 2.45) is 0 Å². The van der Waals surface area contributed by atoms with Crippen LogP contribution in [0.15, 0.2) is 18.2 Å². The lowest BCUT2D eigenvalue weighted by molar-refractivity contribution is 0.466. The van der Waals surface area contributed by atoms with E-state index in [2.05, 4.69) is 0 Å². The first-order chi connectivity index (χ1) is 6.47. The summed E-state index contributed by atoms with van der Waals surface area (Å²) in [5.41, 5.74) is 0.166. The molecule has 0 N–H and O–H groups in total. The Labute approximate surface area is 87.9 Å². The van der Waals surface area contributed by atoms with Gasteiger partial charge < -0.3 is 0 Å². The maximum Gasteiger partial charge on any atom is 0.129 e. The number of alkyl halides is 1. The number of benzene rings is 1. The number of hydrogen-bond donors (Lipinski definition) is 0. The van der Waals surface area contributed by atoms with Crippen LogP contribution < -0.4 is 0 Å². The van der Waals surface area contributed by atoms with Gasteiger partial charge in [0.2, 0.25) is 0 Å². The minimum atomic E-state index is -0.548. The van der Waals surface area contributed by atoms with Crippen molar-refractivity contribution in [3.8, 4) is 0 Å². The second-order valence-electron chi connectivity index (χ2n) is 3.95. The molecule has 1 aromatic carbocycles. The molecule has 1 aromatic rings. The highest BCUT2D eigenvalue weighted by molar-refractivity contribution is 6.17. The smallest absolute Gasteiger partial charge is 0.129 e. The van der Waals surface area contributed by atoms with E-state index in [0.29, 0.717) is 17.9 Å². The van der Waals surface area contributed by atoms with Crippen LogP contribution in [-0.4, -0.2) is 5.88 Å². The van der Waals surface area contributed by atoms with Crippen LogP contribution in [0.2, 0.25) is 0 Å². The molecular formula is C11H13ClF2. The molecule has 0 saturated carbocycles. The number of halogens is 3. The van der Waals surface area contributed by atoms with Gasteiger partial charge in [-0.25, -0.2) is 8.78 Å². The van der Waals surface area contributed by atoms with Gasteiger partial charge >= 0.3 is 0 Å². The second-order valence-corrected chi connectivity index (χ2v) is 4.32. The molecule has 0 radical (unpaired) electrons. The van der Waals surface area contributed by atoms with Gasteiger partial charge in [-0.1, -0.05) is 19.9 Å². The van der Waals surface area contributed by atoms with E-state index >= 15 is 0 Å². The molecule has 14 heavy (non-hydrogen) atoms. The van der Waals surface area contributed by atoms with E-state index in [0.717, 1.165) is 6.07 Å². The van der Waals surface area contributed by atoms with E-state index in [9.17, 15) is 8.78 Å². The van der Waals surface area contributed by atoms with Crippen LogP contribution in [-0.2, 0) is 5.41 Å². The lowest BCUT2D eigenvalue weighted by atomic mass is 9.82. The van der Waals surface area contributed by atoms with Gasteiger partial charge in [0.15, 0.2) is 0 Å². The molecule has 0 aliphatic rings. The van der Waals surface area contributed by atoms with Crippen molar-refractivity contribution in [1.82, 2.24) is 0 Å². The number of hydrogen-bond acceptors (Lipinski definition) is 0. The molecule has 0 bridgehead atoms. The molecule has 0 atom stereocenters. The van der Waals surface area contributed by atoms with Crippen LogP contribution in [0.25, 0.3) is 0 Å². The third-order valence-electron chi connectivity index (χ3n) is 2.38. The van der Waals surface area contributed by atoms with Crippen molar-refractivity contribution in [2.75, 3.05) is 5.88 Å². The van der Waals surface area contributed by atoms with E-state index in [4.69, 9.17) is 11.6 Å². The first kappa shape index (κ1) is 11.4. The molecule has 78 valence electrons. The fourth-order valence-corrected chi connectivity index (χ4v) is 1.88. The average Bonchev–Trinajstić information content (AvgIpc) is 2.02. The Morgan fingerprint density at radius 2 is 1.93 bits per heavy atom. The van der Waals surface area contributed by atoms with Gasteiger partial charge in [-0.2, -0.15) is 0 Å². The predicted octanol–water partition coefficient (Wildman–Crippen LogP) is 3.87. The van der Waals surface area contributed by atoms with Gasteiger partial charge in [-0.15, -0.1) is 11.6 Å². The van der Waals surface area contributed by atoms with E-state index in [1.54, 1.807) is 0 Å². The highest BCUT2D eigenvalue weighted by Gasteiger charge is 2.23. The molecule has 0 unspecified atom stereocenters. The standard InChI is InChI=1S/C11H13ClF2/c1-11(2,5-6-12)9-4-3-8(13)7-10(9)14/h3-4,7H,5-6H2,1-2H3. The minimum absolute atomic E-state index is 0.348. The Hall–Kier alpha value is -0.630. The summed E-state index contributed by atoms with van der Waals surface area (Å²) in [4.78, 5) is 0. The summed E-state index contributed by atoms with van der Waals surface area (Å²) in [5, 5.41) is 0. The monoisotopic (exact) mass is 218 g/mol.